The smallest absolute Gasteiger partial charge is 0.00910 e. The summed E-state index contributed by atoms with van der Waals surface area (Å²) in [6, 6.07) is 1.55. The van der Waals surface area contributed by atoms with Crippen molar-refractivity contribution < 1.29 is 0 Å². The zero-order chi connectivity index (χ0) is 11.4. The average Bonchev–Trinajstić information content (AvgIpc) is 2.80. The van der Waals surface area contributed by atoms with Gasteiger partial charge < -0.3 is 10.2 Å². The molecule has 1 aliphatic carbocycles. The molecule has 2 heteroatoms. The summed E-state index contributed by atoms with van der Waals surface area (Å²) in [6.07, 6.45) is 10.1. The summed E-state index contributed by atoms with van der Waals surface area (Å²) >= 11 is 0. The zero-order valence-electron chi connectivity index (χ0n) is 11.0. The fourth-order valence-electron chi connectivity index (χ4n) is 3.46. The molecule has 1 N–H and O–H groups in total. The van der Waals surface area contributed by atoms with Crippen LogP contribution in [0.15, 0.2) is 0 Å². The molecule has 2 fully saturated rings. The summed E-state index contributed by atoms with van der Waals surface area (Å²) in [7, 11) is 2.10. The van der Waals surface area contributed by atoms with Crippen LogP contribution in [0.4, 0.5) is 0 Å². The molecule has 2 nitrogen and oxygen atoms in total. The Morgan fingerprint density at radius 2 is 1.94 bits per heavy atom. The topological polar surface area (TPSA) is 15.3 Å². The number of likely N-dealkylation sites (tertiary alicyclic amines) is 1. The van der Waals surface area contributed by atoms with Crippen LogP contribution in [0.3, 0.4) is 0 Å². The average molecular weight is 224 g/mol. The Hall–Kier alpha value is -0.0800. The fourth-order valence-corrected chi connectivity index (χ4v) is 3.46. The highest BCUT2D eigenvalue weighted by Gasteiger charge is 2.25. The molecule has 1 aliphatic heterocycles. The molecule has 16 heavy (non-hydrogen) atoms. The van der Waals surface area contributed by atoms with Crippen LogP contribution >= 0.6 is 0 Å². The van der Waals surface area contributed by atoms with Crippen LogP contribution in [-0.4, -0.2) is 37.1 Å². The molecular weight excluding hydrogens is 196 g/mol. The summed E-state index contributed by atoms with van der Waals surface area (Å²) in [4.78, 5) is 2.71. The van der Waals surface area contributed by atoms with Crippen molar-refractivity contribution in [2.24, 2.45) is 5.92 Å². The van der Waals surface area contributed by atoms with Gasteiger partial charge in [0, 0.05) is 12.1 Å². The van der Waals surface area contributed by atoms with E-state index in [0.717, 1.165) is 18.0 Å². The Bertz CT molecular complexity index is 199. The van der Waals surface area contributed by atoms with Crippen molar-refractivity contribution in [1.82, 2.24) is 10.2 Å². The van der Waals surface area contributed by atoms with E-state index in [-0.39, 0.29) is 0 Å². The first-order valence-corrected chi connectivity index (χ1v) is 7.21. The molecule has 2 rings (SSSR count). The summed E-state index contributed by atoms with van der Waals surface area (Å²) in [5.74, 6) is 1.05. The Morgan fingerprint density at radius 1 is 1.19 bits per heavy atom. The summed E-state index contributed by atoms with van der Waals surface area (Å²) in [5.41, 5.74) is 0. The number of rotatable bonds is 4. The standard InChI is InChI=1S/C14H28N2/c1-12-11-14(15-2)8-10-16(12)9-7-13-5-3-4-6-13/h12-15H,3-11H2,1-2H3. The van der Waals surface area contributed by atoms with Crippen molar-refractivity contribution in [3.05, 3.63) is 0 Å². The van der Waals surface area contributed by atoms with Crippen LogP contribution in [0.25, 0.3) is 0 Å². The van der Waals surface area contributed by atoms with Gasteiger partial charge in [-0.05, 0) is 52.2 Å². The van der Waals surface area contributed by atoms with E-state index >= 15 is 0 Å². The lowest BCUT2D eigenvalue weighted by Gasteiger charge is -2.38. The van der Waals surface area contributed by atoms with E-state index in [0.29, 0.717) is 0 Å². The second-order valence-electron chi connectivity index (χ2n) is 5.83. The highest BCUT2D eigenvalue weighted by molar-refractivity contribution is 4.82. The lowest BCUT2D eigenvalue weighted by atomic mass is 9.96. The second-order valence-corrected chi connectivity index (χ2v) is 5.83. The van der Waals surface area contributed by atoms with E-state index in [1.165, 1.54) is 58.0 Å². The molecule has 1 saturated heterocycles. The fraction of sp³-hybridized carbons (Fsp3) is 1.00. The molecule has 1 saturated carbocycles. The van der Waals surface area contributed by atoms with Gasteiger partial charge in [0.2, 0.25) is 0 Å². The minimum atomic E-state index is 0.762. The quantitative estimate of drug-likeness (QED) is 0.790. The van der Waals surface area contributed by atoms with Crippen molar-refractivity contribution in [2.45, 2.75) is 64.0 Å². The van der Waals surface area contributed by atoms with E-state index in [1.807, 2.05) is 0 Å². The van der Waals surface area contributed by atoms with Crippen molar-refractivity contribution in [1.29, 1.82) is 0 Å². The monoisotopic (exact) mass is 224 g/mol. The maximum atomic E-state index is 3.43. The molecule has 1 heterocycles. The molecule has 94 valence electrons. The normalized spacial score (nSPS) is 33.4. The van der Waals surface area contributed by atoms with E-state index in [4.69, 9.17) is 0 Å². The lowest BCUT2D eigenvalue weighted by Crippen LogP contribution is -2.47. The molecule has 2 aliphatic rings. The van der Waals surface area contributed by atoms with Gasteiger partial charge in [-0.2, -0.15) is 0 Å². The van der Waals surface area contributed by atoms with Crippen molar-refractivity contribution in [3.8, 4) is 0 Å². The highest BCUT2D eigenvalue weighted by atomic mass is 15.2. The van der Waals surface area contributed by atoms with Crippen LogP contribution in [0.5, 0.6) is 0 Å². The van der Waals surface area contributed by atoms with E-state index < -0.39 is 0 Å². The summed E-state index contributed by atoms with van der Waals surface area (Å²) in [5, 5.41) is 3.43. The molecule has 0 aromatic carbocycles. The third kappa shape index (κ3) is 3.21. The number of hydrogen-bond acceptors (Lipinski definition) is 2. The molecule has 2 unspecified atom stereocenters. The Kier molecular flexibility index (Phi) is 4.66. The second kappa shape index (κ2) is 6.02. The minimum absolute atomic E-state index is 0.762. The van der Waals surface area contributed by atoms with E-state index in [2.05, 4.69) is 24.2 Å². The molecule has 0 radical (unpaired) electrons. The number of nitrogens with one attached hydrogen (secondary N) is 1. The number of nitrogens with zero attached hydrogens (tertiary/aromatic N) is 1. The molecule has 0 spiro atoms. The highest BCUT2D eigenvalue weighted by Crippen LogP contribution is 2.28. The van der Waals surface area contributed by atoms with Crippen LogP contribution in [-0.2, 0) is 0 Å². The van der Waals surface area contributed by atoms with Crippen LogP contribution < -0.4 is 5.32 Å². The van der Waals surface area contributed by atoms with Crippen LogP contribution in [0.2, 0.25) is 0 Å². The van der Waals surface area contributed by atoms with Crippen LogP contribution in [0.1, 0.15) is 51.9 Å². The van der Waals surface area contributed by atoms with Gasteiger partial charge in [0.1, 0.15) is 0 Å². The lowest BCUT2D eigenvalue weighted by molar-refractivity contribution is 0.130. The zero-order valence-corrected chi connectivity index (χ0v) is 11.0. The molecule has 0 bridgehead atoms. The van der Waals surface area contributed by atoms with Gasteiger partial charge in [-0.15, -0.1) is 0 Å². The Balaban J connectivity index is 1.69. The minimum Gasteiger partial charge on any atom is -0.317 e. The van der Waals surface area contributed by atoms with E-state index in [1.54, 1.807) is 0 Å². The molecular formula is C14H28N2. The van der Waals surface area contributed by atoms with Gasteiger partial charge in [0.25, 0.3) is 0 Å². The van der Waals surface area contributed by atoms with Crippen molar-refractivity contribution in [3.63, 3.8) is 0 Å². The molecule has 0 aromatic heterocycles. The first-order chi connectivity index (χ1) is 7.79. The van der Waals surface area contributed by atoms with Crippen molar-refractivity contribution in [2.75, 3.05) is 20.1 Å². The maximum Gasteiger partial charge on any atom is 0.00910 e. The SMILES string of the molecule is CNC1CCN(CCC2CCCC2)C(C)C1. The maximum absolute atomic E-state index is 3.43. The van der Waals surface area contributed by atoms with Gasteiger partial charge in [0.05, 0.1) is 0 Å². The third-order valence-corrected chi connectivity index (χ3v) is 4.72. The third-order valence-electron chi connectivity index (χ3n) is 4.72. The summed E-state index contributed by atoms with van der Waals surface area (Å²) in [6.45, 7) is 5.06. The Labute approximate surface area is 101 Å². The number of piperidine rings is 1. The van der Waals surface area contributed by atoms with Crippen molar-refractivity contribution >= 4 is 0 Å². The predicted octanol–water partition coefficient (Wildman–Crippen LogP) is 2.64. The molecule has 0 aromatic rings. The van der Waals surface area contributed by atoms with Gasteiger partial charge in [0.15, 0.2) is 0 Å². The first kappa shape index (κ1) is 12.4. The van der Waals surface area contributed by atoms with Gasteiger partial charge in [-0.1, -0.05) is 25.7 Å². The molecule has 0 amide bonds. The first-order valence-electron chi connectivity index (χ1n) is 7.21. The largest absolute Gasteiger partial charge is 0.317 e. The van der Waals surface area contributed by atoms with Crippen LogP contribution in [0, 0.1) is 5.92 Å². The predicted molar refractivity (Wildman–Crippen MR) is 69.7 cm³/mol. The molecule has 2 atom stereocenters. The van der Waals surface area contributed by atoms with Gasteiger partial charge >= 0.3 is 0 Å². The van der Waals surface area contributed by atoms with Gasteiger partial charge in [-0.3, -0.25) is 0 Å². The summed E-state index contributed by atoms with van der Waals surface area (Å²) < 4.78 is 0. The Morgan fingerprint density at radius 3 is 2.56 bits per heavy atom. The van der Waals surface area contributed by atoms with E-state index in [9.17, 15) is 0 Å². The van der Waals surface area contributed by atoms with Gasteiger partial charge in [-0.25, -0.2) is 0 Å². The number of hydrogen-bond donors (Lipinski definition) is 1.